The van der Waals surface area contributed by atoms with Gasteiger partial charge in [0.1, 0.15) is 5.60 Å². The molecule has 0 unspecified atom stereocenters. The zero-order chi connectivity index (χ0) is 19.0. The van der Waals surface area contributed by atoms with E-state index in [0.717, 1.165) is 12.8 Å². The van der Waals surface area contributed by atoms with E-state index in [0.29, 0.717) is 29.2 Å². The SMILES string of the molecule is O=C(O[C@]12[C@H]3CC[C@@H](C3)[C@H]1[C@H]1C[C@H]2c2ccccc21)c1ccc([N+](=O)[O-])cc1. The Morgan fingerprint density at radius 1 is 1.04 bits per heavy atom. The lowest BCUT2D eigenvalue weighted by Crippen LogP contribution is -2.50. The minimum absolute atomic E-state index is 0.0126. The van der Waals surface area contributed by atoms with Gasteiger partial charge in [0.15, 0.2) is 0 Å². The number of nitro groups is 1. The van der Waals surface area contributed by atoms with E-state index in [1.54, 1.807) is 0 Å². The van der Waals surface area contributed by atoms with E-state index in [4.69, 9.17) is 4.74 Å². The smallest absolute Gasteiger partial charge is 0.338 e. The molecule has 2 aromatic rings. The van der Waals surface area contributed by atoms with Crippen LogP contribution in [-0.4, -0.2) is 16.5 Å². The molecule has 2 aromatic carbocycles. The van der Waals surface area contributed by atoms with Crippen LogP contribution in [0.25, 0.3) is 0 Å². The van der Waals surface area contributed by atoms with Crippen molar-refractivity contribution in [3.63, 3.8) is 0 Å². The number of esters is 1. The van der Waals surface area contributed by atoms with Crippen LogP contribution in [0.2, 0.25) is 0 Å². The van der Waals surface area contributed by atoms with E-state index in [1.807, 2.05) is 0 Å². The van der Waals surface area contributed by atoms with Gasteiger partial charge in [0.25, 0.3) is 5.69 Å². The van der Waals surface area contributed by atoms with Gasteiger partial charge in [-0.05, 0) is 60.8 Å². The maximum absolute atomic E-state index is 13.1. The monoisotopic (exact) mass is 375 g/mol. The molecule has 0 amide bonds. The van der Waals surface area contributed by atoms with Crippen LogP contribution in [0.4, 0.5) is 5.69 Å². The van der Waals surface area contributed by atoms with Crippen LogP contribution in [0, 0.1) is 27.9 Å². The molecule has 0 aliphatic heterocycles. The molecule has 3 fully saturated rings. The third-order valence-electron chi connectivity index (χ3n) is 7.96. The first-order valence-corrected chi connectivity index (χ1v) is 10.2. The average molecular weight is 375 g/mol. The molecule has 0 spiro atoms. The molecular formula is C23H21NO4. The fraction of sp³-hybridized carbons (Fsp3) is 0.435. The summed E-state index contributed by atoms with van der Waals surface area (Å²) in [5, 5.41) is 10.9. The Kier molecular flexibility index (Phi) is 3.16. The number of benzene rings is 2. The number of nitro benzene ring substituents is 1. The number of non-ortho nitro benzene ring substituents is 1. The Morgan fingerprint density at radius 2 is 1.79 bits per heavy atom. The number of fused-ring (bicyclic) bond motifs is 12. The molecule has 0 aromatic heterocycles. The van der Waals surface area contributed by atoms with E-state index in [-0.39, 0.29) is 23.2 Å². The molecule has 0 heterocycles. The molecule has 4 aliphatic carbocycles. The lowest BCUT2D eigenvalue weighted by atomic mass is 9.65. The first-order valence-electron chi connectivity index (χ1n) is 10.2. The zero-order valence-electron chi connectivity index (χ0n) is 15.4. The Bertz CT molecular complexity index is 1000. The number of hydrogen-bond acceptors (Lipinski definition) is 4. The summed E-state index contributed by atoms with van der Waals surface area (Å²) in [6.07, 6.45) is 4.64. The van der Waals surface area contributed by atoms with Gasteiger partial charge < -0.3 is 4.74 Å². The van der Waals surface area contributed by atoms with Gasteiger partial charge in [0.05, 0.1) is 10.5 Å². The number of hydrogen-bond donors (Lipinski definition) is 0. The summed E-state index contributed by atoms with van der Waals surface area (Å²) >= 11 is 0. The Labute approximate surface area is 162 Å². The molecule has 0 saturated heterocycles. The van der Waals surface area contributed by atoms with Crippen LogP contribution in [0.15, 0.2) is 48.5 Å². The number of rotatable bonds is 3. The minimum Gasteiger partial charge on any atom is -0.454 e. The largest absolute Gasteiger partial charge is 0.454 e. The highest BCUT2D eigenvalue weighted by atomic mass is 16.6. The lowest BCUT2D eigenvalue weighted by molar-refractivity contribution is -0.384. The Morgan fingerprint density at radius 3 is 2.54 bits per heavy atom. The Hall–Kier alpha value is -2.69. The van der Waals surface area contributed by atoms with E-state index < -0.39 is 4.92 Å². The molecule has 3 saturated carbocycles. The molecule has 0 radical (unpaired) electrons. The van der Waals surface area contributed by atoms with Gasteiger partial charge in [0.2, 0.25) is 0 Å². The summed E-state index contributed by atoms with van der Waals surface area (Å²) in [7, 11) is 0. The topological polar surface area (TPSA) is 69.4 Å². The number of carbonyl (C=O) groups excluding carboxylic acids is 1. The number of nitrogens with zero attached hydrogens (tertiary/aromatic N) is 1. The highest BCUT2D eigenvalue weighted by Gasteiger charge is 2.72. The third kappa shape index (κ3) is 1.89. The Balaban J connectivity index is 1.38. The van der Waals surface area contributed by atoms with E-state index >= 15 is 0 Å². The number of carbonyl (C=O) groups is 1. The van der Waals surface area contributed by atoms with Crippen molar-refractivity contribution in [1.82, 2.24) is 0 Å². The van der Waals surface area contributed by atoms with Crippen molar-refractivity contribution in [1.29, 1.82) is 0 Å². The second kappa shape index (κ2) is 5.43. The van der Waals surface area contributed by atoms with E-state index in [9.17, 15) is 14.9 Å². The van der Waals surface area contributed by atoms with Crippen molar-refractivity contribution in [3.8, 4) is 0 Å². The second-order valence-electron chi connectivity index (χ2n) is 8.87. The van der Waals surface area contributed by atoms with Crippen molar-refractivity contribution in [2.24, 2.45) is 17.8 Å². The van der Waals surface area contributed by atoms with Crippen molar-refractivity contribution in [3.05, 3.63) is 75.3 Å². The molecule has 6 atom stereocenters. The predicted octanol–water partition coefficient (Wildman–Crippen LogP) is 4.82. The molecular weight excluding hydrogens is 354 g/mol. The molecule has 4 bridgehead atoms. The summed E-state index contributed by atoms with van der Waals surface area (Å²) in [6, 6.07) is 14.5. The highest BCUT2D eigenvalue weighted by molar-refractivity contribution is 5.90. The average Bonchev–Trinajstić information content (AvgIpc) is 3.46. The van der Waals surface area contributed by atoms with Crippen molar-refractivity contribution in [2.75, 3.05) is 0 Å². The normalized spacial score (nSPS) is 36.2. The molecule has 5 nitrogen and oxygen atoms in total. The van der Waals surface area contributed by atoms with Gasteiger partial charge in [-0.1, -0.05) is 24.3 Å². The minimum atomic E-state index is -0.452. The van der Waals surface area contributed by atoms with Gasteiger partial charge in [-0.3, -0.25) is 10.1 Å². The van der Waals surface area contributed by atoms with Gasteiger partial charge in [-0.25, -0.2) is 4.79 Å². The zero-order valence-corrected chi connectivity index (χ0v) is 15.4. The summed E-state index contributed by atoms with van der Waals surface area (Å²) in [5.74, 6) is 1.97. The van der Waals surface area contributed by atoms with E-state index in [2.05, 4.69) is 24.3 Å². The molecule has 142 valence electrons. The summed E-state index contributed by atoms with van der Waals surface area (Å²) in [6.45, 7) is 0. The van der Waals surface area contributed by atoms with Crippen molar-refractivity contribution >= 4 is 11.7 Å². The second-order valence-corrected chi connectivity index (χ2v) is 8.87. The van der Waals surface area contributed by atoms with Gasteiger partial charge >= 0.3 is 5.97 Å². The van der Waals surface area contributed by atoms with Gasteiger partial charge in [0, 0.05) is 29.9 Å². The fourth-order valence-electron chi connectivity index (χ4n) is 7.16. The maximum Gasteiger partial charge on any atom is 0.338 e. The maximum atomic E-state index is 13.1. The molecule has 6 rings (SSSR count). The molecule has 0 N–H and O–H groups in total. The van der Waals surface area contributed by atoms with Crippen LogP contribution >= 0.6 is 0 Å². The van der Waals surface area contributed by atoms with E-state index in [1.165, 1.54) is 48.2 Å². The van der Waals surface area contributed by atoms with Crippen molar-refractivity contribution in [2.45, 2.75) is 43.1 Å². The van der Waals surface area contributed by atoms with Crippen LogP contribution < -0.4 is 0 Å². The summed E-state index contributed by atoms with van der Waals surface area (Å²) in [4.78, 5) is 23.5. The molecule has 5 heteroatoms. The molecule has 28 heavy (non-hydrogen) atoms. The van der Waals surface area contributed by atoms with Crippen LogP contribution in [0.1, 0.15) is 59.0 Å². The fourth-order valence-corrected chi connectivity index (χ4v) is 7.16. The quantitative estimate of drug-likeness (QED) is 0.334. The van der Waals surface area contributed by atoms with Crippen LogP contribution in [0.5, 0.6) is 0 Å². The molecule has 4 aliphatic rings. The summed E-state index contributed by atoms with van der Waals surface area (Å²) < 4.78 is 6.43. The van der Waals surface area contributed by atoms with Gasteiger partial charge in [-0.15, -0.1) is 0 Å². The van der Waals surface area contributed by atoms with Crippen LogP contribution in [0.3, 0.4) is 0 Å². The lowest BCUT2D eigenvalue weighted by Gasteiger charge is -2.46. The number of ether oxygens (including phenoxy) is 1. The third-order valence-corrected chi connectivity index (χ3v) is 7.96. The predicted molar refractivity (Wildman–Crippen MR) is 102 cm³/mol. The first kappa shape index (κ1) is 16.3. The first-order chi connectivity index (χ1) is 13.6. The highest BCUT2D eigenvalue weighted by Crippen LogP contribution is 2.74. The van der Waals surface area contributed by atoms with Crippen LogP contribution in [-0.2, 0) is 4.74 Å². The van der Waals surface area contributed by atoms with Gasteiger partial charge in [-0.2, -0.15) is 0 Å². The van der Waals surface area contributed by atoms with Crippen molar-refractivity contribution < 1.29 is 14.5 Å². The summed E-state index contributed by atoms with van der Waals surface area (Å²) in [5.41, 5.74) is 2.83. The standard InChI is InChI=1S/C23H21NO4/c25-22(13-6-9-16(10-7-13)24(26)27)28-23-15-8-5-14(11-15)21(23)19-12-20(23)18-4-2-1-3-17(18)19/h1-4,6-7,9-10,14-15,19-21H,5,8,11-12H2/t14-,15-,19-,20-,21-,23-/m0/s1.